The van der Waals surface area contributed by atoms with Crippen LogP contribution in [0.25, 0.3) is 0 Å². The van der Waals surface area contributed by atoms with Gasteiger partial charge in [-0.05, 0) is 5.56 Å². The van der Waals surface area contributed by atoms with Gasteiger partial charge in [-0.2, -0.15) is 0 Å². The van der Waals surface area contributed by atoms with E-state index in [-0.39, 0.29) is 10.6 Å². The quantitative estimate of drug-likeness (QED) is 0.273. The van der Waals surface area contributed by atoms with Gasteiger partial charge in [-0.1, -0.05) is 36.4 Å². The molecule has 1 aromatic rings. The summed E-state index contributed by atoms with van der Waals surface area (Å²) < 4.78 is 5.44. The zero-order chi connectivity index (χ0) is 12.0. The number of hydrogen-bond donors (Lipinski definition) is 1. The maximum Gasteiger partial charge on any atom is 0.251 e. The van der Waals surface area contributed by atoms with Crippen molar-refractivity contribution in [3.05, 3.63) is 53.8 Å². The fourth-order valence-corrected chi connectivity index (χ4v) is 1.35. The number of nitrogens with zero attached hydrogens (tertiary/aromatic N) is 1. The largest absolute Gasteiger partial charge is 0.418 e. The Bertz CT molecular complexity index is 369. The molecule has 0 saturated heterocycles. The van der Waals surface area contributed by atoms with Gasteiger partial charge in [0.25, 0.3) is 5.71 Å². The molecular weight excluding hydrogens is 206 g/mol. The Morgan fingerprint density at radius 2 is 2.19 bits per heavy atom. The summed E-state index contributed by atoms with van der Waals surface area (Å²) in [6.45, 7) is 5.37. The molecule has 1 unspecified atom stereocenters. The third kappa shape index (κ3) is 3.10. The highest BCUT2D eigenvalue weighted by atomic mass is 16.8. The van der Waals surface area contributed by atoms with E-state index in [1.165, 1.54) is 6.92 Å². The van der Waals surface area contributed by atoms with Gasteiger partial charge in [0.15, 0.2) is 6.10 Å². The van der Waals surface area contributed by atoms with E-state index in [9.17, 15) is 5.21 Å². The normalized spacial score (nSPS) is 14.1. The smallest absolute Gasteiger partial charge is 0.251 e. The summed E-state index contributed by atoms with van der Waals surface area (Å²) in [5.74, 6) is 0. The molecule has 0 fully saturated rings. The highest BCUT2D eigenvalue weighted by Gasteiger charge is 2.22. The molecule has 0 amide bonds. The van der Waals surface area contributed by atoms with Crippen LogP contribution in [0.4, 0.5) is 0 Å². The summed E-state index contributed by atoms with van der Waals surface area (Å²) in [6, 6.07) is 9.23. The van der Waals surface area contributed by atoms with Crippen LogP contribution in [0.3, 0.4) is 0 Å². The van der Waals surface area contributed by atoms with Crippen molar-refractivity contribution < 1.29 is 14.8 Å². The van der Waals surface area contributed by atoms with Crippen molar-refractivity contribution in [3.8, 4) is 0 Å². The summed E-state index contributed by atoms with van der Waals surface area (Å²) in [6.07, 6.45) is 1.04. The highest BCUT2D eigenvalue weighted by molar-refractivity contribution is 5.83. The van der Waals surface area contributed by atoms with E-state index in [1.54, 1.807) is 6.08 Å². The lowest BCUT2D eigenvalue weighted by Gasteiger charge is -2.14. The zero-order valence-electron chi connectivity index (χ0n) is 9.17. The van der Waals surface area contributed by atoms with E-state index in [2.05, 4.69) is 6.58 Å². The van der Waals surface area contributed by atoms with Crippen molar-refractivity contribution in [1.29, 1.82) is 0 Å². The molecular formula is C12H15NO3. The molecule has 1 rings (SSSR count). The summed E-state index contributed by atoms with van der Waals surface area (Å²) in [5, 5.41) is 19.7. The van der Waals surface area contributed by atoms with Crippen LogP contribution in [0, 0.1) is 5.21 Å². The molecule has 0 aliphatic rings. The first-order valence-electron chi connectivity index (χ1n) is 4.94. The van der Waals surface area contributed by atoms with E-state index in [1.807, 2.05) is 30.3 Å². The molecule has 0 radical (unpaired) electrons. The van der Waals surface area contributed by atoms with Crippen LogP contribution in [0.5, 0.6) is 0 Å². The van der Waals surface area contributed by atoms with Gasteiger partial charge in [0.05, 0.1) is 6.61 Å². The summed E-state index contributed by atoms with van der Waals surface area (Å²) in [7, 11) is 0. The number of rotatable bonds is 5. The Hall–Kier alpha value is -1.81. The van der Waals surface area contributed by atoms with Crippen LogP contribution in [0.2, 0.25) is 0 Å². The molecule has 1 aromatic carbocycles. The fraction of sp³-hybridized carbons (Fsp3) is 0.250. The Kier molecular flexibility index (Phi) is 4.54. The molecule has 4 heteroatoms. The molecule has 86 valence electrons. The predicted octanol–water partition coefficient (Wildman–Crippen LogP) is 2.29. The first-order valence-corrected chi connectivity index (χ1v) is 4.94. The van der Waals surface area contributed by atoms with Gasteiger partial charge in [0, 0.05) is 11.8 Å². The summed E-state index contributed by atoms with van der Waals surface area (Å²) in [4.78, 5) is -0.166. The Morgan fingerprint density at radius 3 is 2.69 bits per heavy atom. The molecule has 1 atom stereocenters. The van der Waals surface area contributed by atoms with Gasteiger partial charge in [-0.15, -0.1) is 6.58 Å². The molecule has 4 nitrogen and oxygen atoms in total. The predicted molar refractivity (Wildman–Crippen MR) is 61.4 cm³/mol. The second-order valence-electron chi connectivity index (χ2n) is 3.33. The minimum atomic E-state index is -0.554. The first kappa shape index (κ1) is 12.3. The Morgan fingerprint density at radius 1 is 1.56 bits per heavy atom. The molecule has 16 heavy (non-hydrogen) atoms. The summed E-state index contributed by atoms with van der Waals surface area (Å²) in [5.41, 5.74) is 1.00. The van der Waals surface area contributed by atoms with Crippen LogP contribution >= 0.6 is 0 Å². The van der Waals surface area contributed by atoms with Crippen molar-refractivity contribution in [2.75, 3.05) is 6.61 Å². The van der Waals surface area contributed by atoms with E-state index >= 15 is 0 Å². The second kappa shape index (κ2) is 5.92. The van der Waals surface area contributed by atoms with Crippen LogP contribution in [-0.4, -0.2) is 22.4 Å². The fourth-order valence-electron chi connectivity index (χ4n) is 1.35. The van der Waals surface area contributed by atoms with Crippen molar-refractivity contribution in [3.63, 3.8) is 0 Å². The first-order chi connectivity index (χ1) is 7.66. The van der Waals surface area contributed by atoms with Gasteiger partial charge in [-0.25, -0.2) is 0 Å². The number of hydrogen-bond acceptors (Lipinski definition) is 3. The number of ether oxygens (including phenoxy) is 1. The molecule has 0 bridgehead atoms. The van der Waals surface area contributed by atoms with Crippen LogP contribution in [-0.2, 0) is 4.74 Å². The van der Waals surface area contributed by atoms with Gasteiger partial charge in [-0.3, -0.25) is 5.21 Å². The monoisotopic (exact) mass is 221 g/mol. The second-order valence-corrected chi connectivity index (χ2v) is 3.33. The van der Waals surface area contributed by atoms with Crippen LogP contribution in [0.1, 0.15) is 18.6 Å². The van der Waals surface area contributed by atoms with Gasteiger partial charge in [0.1, 0.15) is 0 Å². The van der Waals surface area contributed by atoms with Gasteiger partial charge >= 0.3 is 0 Å². The lowest BCUT2D eigenvalue weighted by molar-refractivity contribution is -0.728. The maximum absolute atomic E-state index is 10.9. The molecule has 0 heterocycles. The number of benzene rings is 1. The lowest BCUT2D eigenvalue weighted by atomic mass is 10.1. The average Bonchev–Trinajstić information content (AvgIpc) is 2.30. The maximum atomic E-state index is 10.9. The standard InChI is InChI=1S/C12H15NO3/c1-3-9-16-12(10(2)13(14)15)11-7-5-4-6-8-11/h3-8,12H,1,9H2,2H3,(H,14,15). The van der Waals surface area contributed by atoms with Crippen molar-refractivity contribution in [2.45, 2.75) is 13.0 Å². The van der Waals surface area contributed by atoms with E-state index in [0.717, 1.165) is 5.56 Å². The lowest BCUT2D eigenvalue weighted by Crippen LogP contribution is -2.21. The van der Waals surface area contributed by atoms with Gasteiger partial charge in [0.2, 0.25) is 0 Å². The molecule has 1 N–H and O–H groups in total. The molecule has 0 spiro atoms. The third-order valence-electron chi connectivity index (χ3n) is 2.16. The van der Waals surface area contributed by atoms with Crippen LogP contribution < -0.4 is 0 Å². The Labute approximate surface area is 94.6 Å². The average molecular weight is 221 g/mol. The SMILES string of the molecule is C=CCOC(/C(C)=[N+](/[O-])O)c1ccccc1. The van der Waals surface area contributed by atoms with Crippen molar-refractivity contribution in [1.82, 2.24) is 0 Å². The minimum absolute atomic E-state index is 0.166. The van der Waals surface area contributed by atoms with Crippen LogP contribution in [0.15, 0.2) is 43.0 Å². The molecule has 0 aliphatic carbocycles. The van der Waals surface area contributed by atoms with Gasteiger partial charge < -0.3 is 9.94 Å². The summed E-state index contributed by atoms with van der Waals surface area (Å²) >= 11 is 0. The van der Waals surface area contributed by atoms with E-state index in [4.69, 9.17) is 9.94 Å². The zero-order valence-corrected chi connectivity index (χ0v) is 9.17. The Balaban J connectivity index is 2.97. The van der Waals surface area contributed by atoms with Crippen molar-refractivity contribution in [2.24, 2.45) is 0 Å². The minimum Gasteiger partial charge on any atom is -0.418 e. The highest BCUT2D eigenvalue weighted by Crippen LogP contribution is 2.18. The van der Waals surface area contributed by atoms with Crippen molar-refractivity contribution >= 4 is 5.71 Å². The molecule has 0 aliphatic heterocycles. The van der Waals surface area contributed by atoms with E-state index in [0.29, 0.717) is 6.61 Å². The molecule has 0 aromatic heterocycles. The molecule has 0 saturated carbocycles. The third-order valence-corrected chi connectivity index (χ3v) is 2.16. The topological polar surface area (TPSA) is 55.5 Å². The van der Waals surface area contributed by atoms with E-state index < -0.39 is 6.10 Å².